The highest BCUT2D eigenvalue weighted by molar-refractivity contribution is 9.10. The molecule has 0 aliphatic carbocycles. The summed E-state index contributed by atoms with van der Waals surface area (Å²) in [7, 11) is 0. The van der Waals surface area contributed by atoms with E-state index in [0.29, 0.717) is 0 Å². The summed E-state index contributed by atoms with van der Waals surface area (Å²) in [6, 6.07) is 4.21. The van der Waals surface area contributed by atoms with Gasteiger partial charge in [-0.2, -0.15) is 5.10 Å². The maximum Gasteiger partial charge on any atom is 0.122 e. The molecule has 1 aromatic heterocycles. The summed E-state index contributed by atoms with van der Waals surface area (Å²) in [4.78, 5) is 0. The van der Waals surface area contributed by atoms with E-state index in [4.69, 9.17) is 0 Å². The number of rotatable bonds is 3. The van der Waals surface area contributed by atoms with Gasteiger partial charge in [-0.05, 0) is 60.3 Å². The van der Waals surface area contributed by atoms with Crippen molar-refractivity contribution in [2.24, 2.45) is 0 Å². The lowest BCUT2D eigenvalue weighted by Crippen LogP contribution is -2.13. The molecule has 1 atom stereocenters. The van der Waals surface area contributed by atoms with Gasteiger partial charge in [0.1, 0.15) is 6.10 Å². The Hall–Kier alpha value is -0.650. The van der Waals surface area contributed by atoms with Crippen LogP contribution in [0.5, 0.6) is 0 Å². The van der Waals surface area contributed by atoms with Crippen molar-refractivity contribution < 1.29 is 5.11 Å². The topological polar surface area (TPSA) is 38.1 Å². The van der Waals surface area contributed by atoms with Crippen LogP contribution in [0, 0.1) is 13.8 Å². The lowest BCUT2D eigenvalue weighted by atomic mass is 10.0. The molecule has 0 bridgehead atoms. The first kappa shape index (κ1) is 15.7. The smallest absolute Gasteiger partial charge is 0.122 e. The standard InChI is InChI=1S/C15H18Br2N2O/c1-8(2)19-14(12(16)7-18-19)15(20)11-5-9(3)13(17)10(4)6-11/h5-8,15,20H,1-4H3. The SMILES string of the molecule is Cc1cc(C(O)c2c(Br)cnn2C(C)C)cc(C)c1Br. The molecule has 0 fully saturated rings. The van der Waals surface area contributed by atoms with Crippen molar-refractivity contribution in [3.05, 3.63) is 49.7 Å². The van der Waals surface area contributed by atoms with E-state index in [1.165, 1.54) is 0 Å². The van der Waals surface area contributed by atoms with Gasteiger partial charge in [0.05, 0.1) is 16.4 Å². The molecule has 0 spiro atoms. The molecule has 1 unspecified atom stereocenters. The minimum Gasteiger partial charge on any atom is -0.382 e. The van der Waals surface area contributed by atoms with Crippen LogP contribution in [0.15, 0.2) is 27.3 Å². The maximum atomic E-state index is 10.7. The third-order valence-corrected chi connectivity index (χ3v) is 5.17. The third kappa shape index (κ3) is 2.85. The number of aromatic nitrogens is 2. The molecular formula is C15H18Br2N2O. The van der Waals surface area contributed by atoms with Crippen LogP contribution in [-0.4, -0.2) is 14.9 Å². The number of aliphatic hydroxyl groups excluding tert-OH is 1. The van der Waals surface area contributed by atoms with Crippen molar-refractivity contribution >= 4 is 31.9 Å². The Morgan fingerprint density at radius 3 is 2.20 bits per heavy atom. The largest absolute Gasteiger partial charge is 0.382 e. The quantitative estimate of drug-likeness (QED) is 0.810. The highest BCUT2D eigenvalue weighted by Gasteiger charge is 2.21. The predicted molar refractivity (Wildman–Crippen MR) is 88.0 cm³/mol. The van der Waals surface area contributed by atoms with Crippen molar-refractivity contribution in [1.82, 2.24) is 9.78 Å². The molecule has 1 heterocycles. The Bertz CT molecular complexity index is 612. The third-order valence-electron chi connectivity index (χ3n) is 3.31. The molecule has 0 saturated carbocycles. The van der Waals surface area contributed by atoms with Gasteiger partial charge in [-0.25, -0.2) is 0 Å². The molecule has 0 radical (unpaired) electrons. The van der Waals surface area contributed by atoms with E-state index in [1.54, 1.807) is 6.20 Å². The number of halogens is 2. The van der Waals surface area contributed by atoms with E-state index < -0.39 is 6.10 Å². The van der Waals surface area contributed by atoms with E-state index in [1.807, 2.05) is 44.5 Å². The number of aliphatic hydroxyl groups is 1. The predicted octanol–water partition coefficient (Wildman–Crippen LogP) is 4.69. The fourth-order valence-electron chi connectivity index (χ4n) is 2.31. The Balaban J connectivity index is 2.52. The first-order valence-corrected chi connectivity index (χ1v) is 8.09. The van der Waals surface area contributed by atoms with Crippen LogP contribution in [-0.2, 0) is 0 Å². The highest BCUT2D eigenvalue weighted by Crippen LogP contribution is 2.33. The minimum atomic E-state index is -0.695. The summed E-state index contributed by atoms with van der Waals surface area (Å²) < 4.78 is 3.77. The van der Waals surface area contributed by atoms with E-state index in [-0.39, 0.29) is 6.04 Å². The van der Waals surface area contributed by atoms with Crippen molar-refractivity contribution in [3.63, 3.8) is 0 Å². The number of benzene rings is 1. The second kappa shape index (κ2) is 6.00. The second-order valence-corrected chi connectivity index (χ2v) is 6.93. The van der Waals surface area contributed by atoms with Gasteiger partial charge in [-0.1, -0.05) is 28.1 Å². The molecule has 5 heteroatoms. The molecule has 1 N–H and O–H groups in total. The molecule has 108 valence electrons. The van der Waals surface area contributed by atoms with Gasteiger partial charge >= 0.3 is 0 Å². The maximum absolute atomic E-state index is 10.7. The Kier molecular flexibility index (Phi) is 4.72. The van der Waals surface area contributed by atoms with Gasteiger partial charge in [0.2, 0.25) is 0 Å². The van der Waals surface area contributed by atoms with Crippen molar-refractivity contribution in [2.45, 2.75) is 39.8 Å². The monoisotopic (exact) mass is 400 g/mol. The van der Waals surface area contributed by atoms with Gasteiger partial charge in [-0.3, -0.25) is 4.68 Å². The van der Waals surface area contributed by atoms with E-state index in [2.05, 4.69) is 37.0 Å². The minimum absolute atomic E-state index is 0.198. The number of hydrogen-bond donors (Lipinski definition) is 1. The first-order chi connectivity index (χ1) is 9.32. The molecule has 0 amide bonds. The first-order valence-electron chi connectivity index (χ1n) is 6.50. The van der Waals surface area contributed by atoms with Gasteiger partial charge in [0.25, 0.3) is 0 Å². The average molecular weight is 402 g/mol. The van der Waals surface area contributed by atoms with Crippen molar-refractivity contribution in [1.29, 1.82) is 0 Å². The molecule has 2 rings (SSSR count). The summed E-state index contributed by atoms with van der Waals surface area (Å²) in [6.45, 7) is 8.16. The fourth-order valence-corrected chi connectivity index (χ4v) is 3.03. The molecule has 20 heavy (non-hydrogen) atoms. The van der Waals surface area contributed by atoms with Gasteiger partial charge in [-0.15, -0.1) is 0 Å². The second-order valence-electron chi connectivity index (χ2n) is 5.29. The molecule has 1 aromatic carbocycles. The molecule has 0 aliphatic heterocycles. The highest BCUT2D eigenvalue weighted by atomic mass is 79.9. The molecule has 2 aromatic rings. The zero-order valence-electron chi connectivity index (χ0n) is 12.0. The Morgan fingerprint density at radius 1 is 1.15 bits per heavy atom. The van der Waals surface area contributed by atoms with E-state index >= 15 is 0 Å². The summed E-state index contributed by atoms with van der Waals surface area (Å²) in [5.74, 6) is 0. The van der Waals surface area contributed by atoms with Crippen LogP contribution >= 0.6 is 31.9 Å². The zero-order valence-corrected chi connectivity index (χ0v) is 15.2. The summed E-state index contributed by atoms with van der Waals surface area (Å²) in [5, 5.41) is 15.0. The number of nitrogens with zero attached hydrogens (tertiary/aromatic N) is 2. The van der Waals surface area contributed by atoms with Gasteiger partial charge < -0.3 is 5.11 Å². The Morgan fingerprint density at radius 2 is 1.70 bits per heavy atom. The van der Waals surface area contributed by atoms with Crippen molar-refractivity contribution in [3.8, 4) is 0 Å². The van der Waals surface area contributed by atoms with Crippen LogP contribution < -0.4 is 0 Å². The lowest BCUT2D eigenvalue weighted by molar-refractivity contribution is 0.204. The van der Waals surface area contributed by atoms with Crippen LogP contribution in [0.2, 0.25) is 0 Å². The fraction of sp³-hybridized carbons (Fsp3) is 0.400. The van der Waals surface area contributed by atoms with Crippen LogP contribution in [0.4, 0.5) is 0 Å². The molecule has 3 nitrogen and oxygen atoms in total. The van der Waals surface area contributed by atoms with Gasteiger partial charge in [0, 0.05) is 10.5 Å². The summed E-state index contributed by atoms with van der Waals surface area (Å²) >= 11 is 7.04. The van der Waals surface area contributed by atoms with E-state index in [9.17, 15) is 5.11 Å². The van der Waals surface area contributed by atoms with Gasteiger partial charge in [0.15, 0.2) is 0 Å². The van der Waals surface area contributed by atoms with Crippen LogP contribution in [0.25, 0.3) is 0 Å². The zero-order chi connectivity index (χ0) is 15.0. The van der Waals surface area contributed by atoms with Crippen LogP contribution in [0.1, 0.15) is 48.4 Å². The summed E-state index contributed by atoms with van der Waals surface area (Å²) in [5.41, 5.74) is 3.91. The average Bonchev–Trinajstić information content (AvgIpc) is 2.76. The number of aryl methyl sites for hydroxylation is 2. The normalized spacial score (nSPS) is 13.0. The molecule has 0 saturated heterocycles. The summed E-state index contributed by atoms with van der Waals surface area (Å²) in [6.07, 6.45) is 1.04. The number of hydrogen-bond acceptors (Lipinski definition) is 2. The Labute approximate surface area is 136 Å². The molecule has 0 aliphatic rings. The lowest BCUT2D eigenvalue weighted by Gasteiger charge is -2.18. The van der Waals surface area contributed by atoms with Crippen molar-refractivity contribution in [2.75, 3.05) is 0 Å². The molecular weight excluding hydrogens is 384 g/mol. The van der Waals surface area contributed by atoms with Crippen LogP contribution in [0.3, 0.4) is 0 Å². The van der Waals surface area contributed by atoms with E-state index in [0.717, 1.165) is 31.3 Å².